The van der Waals surface area contributed by atoms with Gasteiger partial charge >= 0.3 is 0 Å². The Morgan fingerprint density at radius 2 is 1.79 bits per heavy atom. The number of rotatable bonds is 3. The van der Waals surface area contributed by atoms with Gasteiger partial charge in [0.05, 0.1) is 0 Å². The summed E-state index contributed by atoms with van der Waals surface area (Å²) in [7, 11) is 3.91. The second kappa shape index (κ2) is 4.61. The van der Waals surface area contributed by atoms with Crippen molar-refractivity contribution in [2.75, 3.05) is 14.1 Å². The zero-order valence-electron chi connectivity index (χ0n) is 8.91. The van der Waals surface area contributed by atoms with Crippen LogP contribution in [0.1, 0.15) is 11.1 Å². The highest BCUT2D eigenvalue weighted by Crippen LogP contribution is 2.13. The lowest BCUT2D eigenvalue weighted by Crippen LogP contribution is -2.03. The highest BCUT2D eigenvalue weighted by molar-refractivity contribution is 6.08. The minimum absolute atomic E-state index is 0.926. The van der Waals surface area contributed by atoms with Gasteiger partial charge in [0, 0.05) is 32.1 Å². The average Bonchev–Trinajstić information content (AvgIpc) is 2.15. The molecule has 0 atom stereocenters. The van der Waals surface area contributed by atoms with Gasteiger partial charge in [0.2, 0.25) is 0 Å². The van der Waals surface area contributed by atoms with Gasteiger partial charge in [-0.1, -0.05) is 29.8 Å². The first-order chi connectivity index (χ1) is 6.63. The van der Waals surface area contributed by atoms with Crippen LogP contribution in [0.5, 0.6) is 0 Å². The van der Waals surface area contributed by atoms with Crippen LogP contribution in [0.25, 0.3) is 5.57 Å². The van der Waals surface area contributed by atoms with Gasteiger partial charge in [-0.25, -0.2) is 0 Å². The normalized spacial score (nSPS) is 11.2. The van der Waals surface area contributed by atoms with E-state index in [4.69, 9.17) is 5.41 Å². The van der Waals surface area contributed by atoms with Crippen LogP contribution in [0.3, 0.4) is 0 Å². The number of hydrogen-bond donors (Lipinski definition) is 1. The Labute approximate surface area is 85.4 Å². The minimum Gasteiger partial charge on any atom is -0.383 e. The maximum absolute atomic E-state index is 7.32. The van der Waals surface area contributed by atoms with Crippen LogP contribution in [-0.4, -0.2) is 25.2 Å². The molecule has 0 aliphatic carbocycles. The van der Waals surface area contributed by atoms with E-state index in [0.717, 1.165) is 11.1 Å². The Morgan fingerprint density at radius 3 is 2.21 bits per heavy atom. The summed E-state index contributed by atoms with van der Waals surface area (Å²) in [5.74, 6) is 0. The van der Waals surface area contributed by atoms with E-state index >= 15 is 0 Å². The van der Waals surface area contributed by atoms with Crippen LogP contribution >= 0.6 is 0 Å². The third kappa shape index (κ3) is 2.73. The van der Waals surface area contributed by atoms with Crippen LogP contribution in [-0.2, 0) is 0 Å². The fourth-order valence-electron chi connectivity index (χ4n) is 1.22. The predicted molar refractivity (Wildman–Crippen MR) is 61.6 cm³/mol. The molecule has 1 rings (SSSR count). The van der Waals surface area contributed by atoms with Gasteiger partial charge in [-0.3, -0.25) is 0 Å². The molecule has 74 valence electrons. The van der Waals surface area contributed by atoms with Crippen molar-refractivity contribution in [3.05, 3.63) is 41.6 Å². The van der Waals surface area contributed by atoms with E-state index in [-0.39, 0.29) is 0 Å². The Balaban J connectivity index is 3.01. The third-order valence-corrected chi connectivity index (χ3v) is 1.94. The van der Waals surface area contributed by atoms with Gasteiger partial charge in [-0.15, -0.1) is 0 Å². The summed E-state index contributed by atoms with van der Waals surface area (Å²) in [5.41, 5.74) is 3.25. The molecule has 1 N–H and O–H groups in total. The van der Waals surface area contributed by atoms with Crippen molar-refractivity contribution in [1.82, 2.24) is 4.90 Å². The molecule has 0 aromatic heterocycles. The monoisotopic (exact) mass is 188 g/mol. The number of aryl methyl sites for hydroxylation is 1. The van der Waals surface area contributed by atoms with E-state index in [9.17, 15) is 0 Å². The van der Waals surface area contributed by atoms with Gasteiger partial charge in [-0.2, -0.15) is 0 Å². The number of nitrogens with one attached hydrogen (secondary N) is 1. The van der Waals surface area contributed by atoms with Crippen LogP contribution in [0, 0.1) is 12.3 Å². The van der Waals surface area contributed by atoms with E-state index in [0.29, 0.717) is 0 Å². The van der Waals surface area contributed by atoms with Crippen LogP contribution in [0.15, 0.2) is 30.5 Å². The predicted octanol–water partition coefficient (Wildman–Crippen LogP) is 2.55. The molecule has 0 unspecified atom stereocenters. The third-order valence-electron chi connectivity index (χ3n) is 1.94. The maximum Gasteiger partial charge on any atom is 0.0270 e. The first-order valence-electron chi connectivity index (χ1n) is 4.59. The van der Waals surface area contributed by atoms with E-state index in [1.54, 1.807) is 0 Å². The average molecular weight is 188 g/mol. The SMILES string of the molecule is Cc1ccc(/C(C=N)=C/N(C)C)cc1. The lowest BCUT2D eigenvalue weighted by Gasteiger charge is -2.08. The summed E-state index contributed by atoms with van der Waals surface area (Å²) in [6, 6.07) is 8.19. The van der Waals surface area contributed by atoms with Gasteiger partial charge in [0.25, 0.3) is 0 Å². The molecule has 0 saturated heterocycles. The van der Waals surface area contributed by atoms with Crippen LogP contribution in [0.2, 0.25) is 0 Å². The molecule has 0 fully saturated rings. The molecular weight excluding hydrogens is 172 g/mol. The molecule has 2 nitrogen and oxygen atoms in total. The van der Waals surface area contributed by atoms with Crippen molar-refractivity contribution in [2.45, 2.75) is 6.92 Å². The first kappa shape index (κ1) is 10.5. The summed E-state index contributed by atoms with van der Waals surface area (Å²) in [4.78, 5) is 1.94. The summed E-state index contributed by atoms with van der Waals surface area (Å²) in [6.45, 7) is 2.06. The number of allylic oxidation sites excluding steroid dienone is 1. The molecule has 1 aromatic carbocycles. The number of benzene rings is 1. The standard InChI is InChI=1S/C12H16N2/c1-10-4-6-11(7-5-10)12(8-13)9-14(2)3/h4-9,13H,1-3H3/b12-9+,13-8?. The second-order valence-electron chi connectivity index (χ2n) is 3.56. The highest BCUT2D eigenvalue weighted by atomic mass is 15.0. The molecule has 0 spiro atoms. The first-order valence-corrected chi connectivity index (χ1v) is 4.59. The molecule has 1 aromatic rings. The van der Waals surface area contributed by atoms with Crippen molar-refractivity contribution in [1.29, 1.82) is 5.41 Å². The van der Waals surface area contributed by atoms with E-state index in [1.807, 2.05) is 37.3 Å². The topological polar surface area (TPSA) is 27.1 Å². The van der Waals surface area contributed by atoms with Gasteiger partial charge in [0.1, 0.15) is 0 Å². The Morgan fingerprint density at radius 1 is 1.21 bits per heavy atom. The number of nitrogens with zero attached hydrogens (tertiary/aromatic N) is 1. The van der Waals surface area contributed by atoms with E-state index < -0.39 is 0 Å². The lowest BCUT2D eigenvalue weighted by atomic mass is 10.1. The molecule has 14 heavy (non-hydrogen) atoms. The molecule has 0 heterocycles. The maximum atomic E-state index is 7.32. The molecule has 0 bridgehead atoms. The van der Waals surface area contributed by atoms with Gasteiger partial charge < -0.3 is 10.3 Å². The van der Waals surface area contributed by atoms with Crippen LogP contribution in [0.4, 0.5) is 0 Å². The van der Waals surface area contributed by atoms with Crippen molar-refractivity contribution in [3.63, 3.8) is 0 Å². The largest absolute Gasteiger partial charge is 0.383 e. The summed E-state index contributed by atoms with van der Waals surface area (Å²) in [5, 5.41) is 7.32. The zero-order valence-corrected chi connectivity index (χ0v) is 8.91. The van der Waals surface area contributed by atoms with E-state index in [1.165, 1.54) is 11.8 Å². The van der Waals surface area contributed by atoms with Crippen molar-refractivity contribution in [3.8, 4) is 0 Å². The van der Waals surface area contributed by atoms with Gasteiger partial charge in [-0.05, 0) is 12.5 Å². The van der Waals surface area contributed by atoms with Crippen molar-refractivity contribution >= 4 is 11.8 Å². The Kier molecular flexibility index (Phi) is 3.46. The molecule has 0 saturated carbocycles. The summed E-state index contributed by atoms with van der Waals surface area (Å²) in [6.07, 6.45) is 3.32. The molecule has 0 aliphatic rings. The Hall–Kier alpha value is -1.57. The fraction of sp³-hybridized carbons (Fsp3) is 0.250. The molecule has 0 radical (unpaired) electrons. The highest BCUT2D eigenvalue weighted by Gasteiger charge is 1.97. The summed E-state index contributed by atoms with van der Waals surface area (Å²) < 4.78 is 0. The minimum atomic E-state index is 0.926. The molecule has 0 aliphatic heterocycles. The number of hydrogen-bond acceptors (Lipinski definition) is 2. The van der Waals surface area contributed by atoms with E-state index in [2.05, 4.69) is 19.1 Å². The second-order valence-corrected chi connectivity index (χ2v) is 3.56. The lowest BCUT2D eigenvalue weighted by molar-refractivity contribution is 0.566. The van der Waals surface area contributed by atoms with Gasteiger partial charge in [0.15, 0.2) is 0 Å². The Bertz CT molecular complexity index is 334. The molecule has 2 heteroatoms. The molecular formula is C12H16N2. The molecule has 0 amide bonds. The fourth-order valence-corrected chi connectivity index (χ4v) is 1.22. The van der Waals surface area contributed by atoms with Crippen LogP contribution < -0.4 is 0 Å². The summed E-state index contributed by atoms with van der Waals surface area (Å²) >= 11 is 0. The quantitative estimate of drug-likeness (QED) is 0.725. The van der Waals surface area contributed by atoms with Crippen molar-refractivity contribution in [2.24, 2.45) is 0 Å². The smallest absolute Gasteiger partial charge is 0.0270 e. The zero-order chi connectivity index (χ0) is 10.6. The van der Waals surface area contributed by atoms with Crippen molar-refractivity contribution < 1.29 is 0 Å².